The van der Waals surface area contributed by atoms with Crippen LogP contribution in [0.15, 0.2) is 35.5 Å². The highest BCUT2D eigenvalue weighted by molar-refractivity contribution is 7.16. The van der Waals surface area contributed by atoms with Crippen molar-refractivity contribution in [3.8, 4) is 12.3 Å². The number of fused-ring (bicyclic) bond motifs is 1. The van der Waals surface area contributed by atoms with Crippen molar-refractivity contribution in [3.05, 3.63) is 46.5 Å². The number of benzene rings is 1. The molecule has 0 bridgehead atoms. The van der Waals surface area contributed by atoms with Crippen molar-refractivity contribution < 1.29 is 4.79 Å². The van der Waals surface area contributed by atoms with Gasteiger partial charge in [-0.3, -0.25) is 9.48 Å². The Labute approximate surface area is 150 Å². The van der Waals surface area contributed by atoms with Gasteiger partial charge in [0, 0.05) is 12.7 Å². The monoisotopic (exact) mass is 352 g/mol. The van der Waals surface area contributed by atoms with Crippen LogP contribution in [0.25, 0.3) is 10.2 Å². The highest BCUT2D eigenvalue weighted by Crippen LogP contribution is 2.23. The number of aryl methyl sites for hydroxylation is 1. The van der Waals surface area contributed by atoms with Crippen LogP contribution in [0.1, 0.15) is 42.7 Å². The second-order valence-electron chi connectivity index (χ2n) is 6.03. The summed E-state index contributed by atoms with van der Waals surface area (Å²) in [6, 6.07) is 7.98. The Morgan fingerprint density at radius 3 is 2.84 bits per heavy atom. The molecule has 0 saturated carbocycles. The van der Waals surface area contributed by atoms with E-state index < -0.39 is 0 Å². The van der Waals surface area contributed by atoms with Gasteiger partial charge >= 0.3 is 0 Å². The molecule has 0 aliphatic heterocycles. The average Bonchev–Trinajstić information content (AvgIpc) is 3.20. The summed E-state index contributed by atoms with van der Waals surface area (Å²) in [7, 11) is 0. The van der Waals surface area contributed by atoms with E-state index in [1.54, 1.807) is 16.9 Å². The maximum absolute atomic E-state index is 12.5. The minimum absolute atomic E-state index is 0.342. The fourth-order valence-electron chi connectivity index (χ4n) is 2.57. The molecule has 5 nitrogen and oxygen atoms in total. The fourth-order valence-corrected chi connectivity index (χ4v) is 3.65. The molecule has 2 heterocycles. The Morgan fingerprint density at radius 1 is 1.40 bits per heavy atom. The molecule has 0 fully saturated rings. The van der Waals surface area contributed by atoms with E-state index >= 15 is 0 Å². The first kappa shape index (κ1) is 17.2. The Hall–Kier alpha value is -2.65. The van der Waals surface area contributed by atoms with Gasteiger partial charge in [-0.1, -0.05) is 37.2 Å². The van der Waals surface area contributed by atoms with Gasteiger partial charge in [0.25, 0.3) is 5.91 Å². The normalized spacial score (nSPS) is 12.0. The second-order valence-corrected chi connectivity index (χ2v) is 7.04. The molecule has 25 heavy (non-hydrogen) atoms. The van der Waals surface area contributed by atoms with Gasteiger partial charge in [0.1, 0.15) is 0 Å². The van der Waals surface area contributed by atoms with E-state index in [1.807, 2.05) is 17.6 Å². The number of carbonyl (C=O) groups excluding carboxylic acids is 1. The molecule has 3 rings (SSSR count). The van der Waals surface area contributed by atoms with Gasteiger partial charge in [-0.25, -0.2) is 0 Å². The summed E-state index contributed by atoms with van der Waals surface area (Å²) in [6.45, 7) is 7.37. The van der Waals surface area contributed by atoms with Gasteiger partial charge in [-0.05, 0) is 36.6 Å². The van der Waals surface area contributed by atoms with E-state index in [-0.39, 0.29) is 5.91 Å². The van der Waals surface area contributed by atoms with Crippen molar-refractivity contribution in [2.24, 2.45) is 4.99 Å². The molecule has 128 valence electrons. The maximum atomic E-state index is 12.5. The Kier molecular flexibility index (Phi) is 4.86. The van der Waals surface area contributed by atoms with Crippen molar-refractivity contribution >= 4 is 27.5 Å². The van der Waals surface area contributed by atoms with Crippen LogP contribution in [0.5, 0.6) is 0 Å². The first-order valence-electron chi connectivity index (χ1n) is 8.22. The molecular weight excluding hydrogens is 332 g/mol. The molecule has 0 aliphatic carbocycles. The topological polar surface area (TPSA) is 52.2 Å². The van der Waals surface area contributed by atoms with E-state index in [0.29, 0.717) is 29.5 Å². The molecule has 1 aromatic carbocycles. The van der Waals surface area contributed by atoms with Crippen LogP contribution in [0.2, 0.25) is 0 Å². The molecule has 0 aliphatic rings. The minimum atomic E-state index is -0.353. The zero-order valence-electron chi connectivity index (χ0n) is 14.6. The maximum Gasteiger partial charge on any atom is 0.300 e. The number of hydrogen-bond donors (Lipinski definition) is 0. The molecule has 1 amide bonds. The van der Waals surface area contributed by atoms with Crippen molar-refractivity contribution in [1.29, 1.82) is 0 Å². The molecule has 6 heteroatoms. The molecule has 0 spiro atoms. The number of terminal acetylenes is 1. The molecule has 0 N–H and O–H groups in total. The summed E-state index contributed by atoms with van der Waals surface area (Å²) < 4.78 is 4.68. The lowest BCUT2D eigenvalue weighted by molar-refractivity contribution is 0.0992. The summed E-state index contributed by atoms with van der Waals surface area (Å²) in [6.07, 6.45) is 7.29. The summed E-state index contributed by atoms with van der Waals surface area (Å²) in [4.78, 5) is 17.3. The number of hydrogen-bond acceptors (Lipinski definition) is 3. The van der Waals surface area contributed by atoms with E-state index in [1.165, 1.54) is 16.9 Å². The highest BCUT2D eigenvalue weighted by Gasteiger charge is 2.12. The number of amides is 1. The zero-order chi connectivity index (χ0) is 18.0. The van der Waals surface area contributed by atoms with Gasteiger partial charge in [0.2, 0.25) is 0 Å². The molecule has 0 saturated heterocycles. The SMILES string of the molecule is C#CCn1c(=NC(=O)c2ccn(CC)n2)sc2cc(C(C)C)ccc21. The van der Waals surface area contributed by atoms with Crippen LogP contribution < -0.4 is 4.80 Å². The quantitative estimate of drug-likeness (QED) is 0.676. The predicted molar refractivity (Wildman–Crippen MR) is 101 cm³/mol. The van der Waals surface area contributed by atoms with Crippen molar-refractivity contribution in [3.63, 3.8) is 0 Å². The lowest BCUT2D eigenvalue weighted by atomic mass is 10.0. The van der Waals surface area contributed by atoms with Crippen LogP contribution in [0.4, 0.5) is 0 Å². The van der Waals surface area contributed by atoms with Gasteiger partial charge in [-0.15, -0.1) is 6.42 Å². The third-order valence-corrected chi connectivity index (χ3v) is 5.04. The predicted octanol–water partition coefficient (Wildman–Crippen LogP) is 3.42. The van der Waals surface area contributed by atoms with E-state index in [4.69, 9.17) is 6.42 Å². The third-order valence-electron chi connectivity index (χ3n) is 4.00. The zero-order valence-corrected chi connectivity index (χ0v) is 15.4. The number of rotatable bonds is 4. The summed E-state index contributed by atoms with van der Waals surface area (Å²) in [5.41, 5.74) is 2.59. The molecule has 0 atom stereocenters. The Morgan fingerprint density at radius 2 is 2.20 bits per heavy atom. The number of thiazole rings is 1. The highest BCUT2D eigenvalue weighted by atomic mass is 32.1. The van der Waals surface area contributed by atoms with Crippen molar-refractivity contribution in [2.75, 3.05) is 0 Å². The Bertz CT molecular complexity index is 1030. The first-order chi connectivity index (χ1) is 12.0. The van der Waals surface area contributed by atoms with Crippen LogP contribution in [-0.4, -0.2) is 20.3 Å². The van der Waals surface area contributed by atoms with Gasteiger partial charge in [0.15, 0.2) is 10.5 Å². The average molecular weight is 352 g/mol. The van der Waals surface area contributed by atoms with Crippen molar-refractivity contribution in [1.82, 2.24) is 14.3 Å². The van der Waals surface area contributed by atoms with Gasteiger partial charge in [-0.2, -0.15) is 10.1 Å². The fraction of sp³-hybridized carbons (Fsp3) is 0.316. The minimum Gasteiger partial charge on any atom is -0.305 e. The van der Waals surface area contributed by atoms with E-state index in [2.05, 4.69) is 42.0 Å². The molecule has 3 aromatic rings. The summed E-state index contributed by atoms with van der Waals surface area (Å²) in [5.74, 6) is 2.73. The number of aromatic nitrogens is 3. The van der Waals surface area contributed by atoms with Crippen LogP contribution in [0, 0.1) is 12.3 Å². The smallest absolute Gasteiger partial charge is 0.300 e. The van der Waals surface area contributed by atoms with Crippen LogP contribution in [0.3, 0.4) is 0 Å². The molecule has 2 aromatic heterocycles. The number of nitrogens with zero attached hydrogens (tertiary/aromatic N) is 4. The molecule has 0 unspecified atom stereocenters. The molecular formula is C19H20N4OS. The van der Waals surface area contributed by atoms with Crippen LogP contribution >= 0.6 is 11.3 Å². The standard InChI is InChI=1S/C19H20N4OS/c1-5-10-23-16-8-7-14(13(3)4)12-17(16)25-19(23)20-18(24)15-9-11-22(6-2)21-15/h1,7-9,11-13H,6,10H2,2-4H3. The lowest BCUT2D eigenvalue weighted by Crippen LogP contribution is -2.16. The first-order valence-corrected chi connectivity index (χ1v) is 9.04. The van der Waals surface area contributed by atoms with Crippen molar-refractivity contribution in [2.45, 2.75) is 39.8 Å². The van der Waals surface area contributed by atoms with Gasteiger partial charge < -0.3 is 4.57 Å². The summed E-state index contributed by atoms with van der Waals surface area (Å²) >= 11 is 1.48. The van der Waals surface area contributed by atoms with Gasteiger partial charge in [0.05, 0.1) is 16.8 Å². The lowest BCUT2D eigenvalue weighted by Gasteiger charge is -2.05. The molecule has 0 radical (unpaired) electrons. The third kappa shape index (κ3) is 3.42. The van der Waals surface area contributed by atoms with E-state index in [0.717, 1.165) is 10.2 Å². The second kappa shape index (κ2) is 7.08. The van der Waals surface area contributed by atoms with Crippen LogP contribution in [-0.2, 0) is 13.1 Å². The summed E-state index contributed by atoms with van der Waals surface area (Å²) in [5, 5.41) is 4.22. The Balaban J connectivity index is 2.11. The largest absolute Gasteiger partial charge is 0.305 e. The number of carbonyl (C=O) groups is 1. The van der Waals surface area contributed by atoms with E-state index in [9.17, 15) is 4.79 Å².